The largest absolute Gasteiger partial charge is 0.392 e. The van der Waals surface area contributed by atoms with E-state index in [1.165, 1.54) is 4.31 Å². The molecule has 0 aliphatic heterocycles. The van der Waals surface area contributed by atoms with Crippen LogP contribution in [0.3, 0.4) is 0 Å². The van der Waals surface area contributed by atoms with Gasteiger partial charge in [-0.25, -0.2) is 12.7 Å². The molecule has 5 heteroatoms. The van der Waals surface area contributed by atoms with Crippen molar-refractivity contribution in [2.24, 2.45) is 0 Å². The Morgan fingerprint density at radius 1 is 1.21 bits per heavy atom. The summed E-state index contributed by atoms with van der Waals surface area (Å²) < 4.78 is 25.7. The van der Waals surface area contributed by atoms with Crippen LogP contribution in [0.15, 0.2) is 24.3 Å². The highest BCUT2D eigenvalue weighted by Crippen LogP contribution is 2.12. The zero-order valence-electron chi connectivity index (χ0n) is 11.7. The van der Waals surface area contributed by atoms with Crippen LogP contribution >= 0.6 is 0 Å². The zero-order chi connectivity index (χ0) is 14.3. The second-order valence-electron chi connectivity index (χ2n) is 4.76. The number of hydrogen-bond donors (Lipinski definition) is 1. The normalized spacial score (nSPS) is 12.0. The molecule has 0 radical (unpaired) electrons. The predicted octanol–water partition coefficient (Wildman–Crippen LogP) is 2.13. The average molecular weight is 285 g/mol. The number of benzene rings is 1. The van der Waals surface area contributed by atoms with E-state index < -0.39 is 10.0 Å². The molecule has 1 aromatic carbocycles. The molecule has 0 atom stereocenters. The molecule has 0 fully saturated rings. The highest BCUT2D eigenvalue weighted by molar-refractivity contribution is 7.88. The zero-order valence-corrected chi connectivity index (χ0v) is 12.5. The standard InChI is InChI=1S/C14H23NO3S/c1-3-4-5-9-15(2)19(17,18)12-14-8-6-7-13(10-14)11-16/h6-8,10,16H,3-5,9,11-12H2,1-2H3. The molecule has 19 heavy (non-hydrogen) atoms. The fraction of sp³-hybridized carbons (Fsp3) is 0.571. The molecule has 0 saturated carbocycles. The van der Waals surface area contributed by atoms with Crippen LogP contribution in [0.2, 0.25) is 0 Å². The van der Waals surface area contributed by atoms with Crippen LogP contribution in [0.1, 0.15) is 37.3 Å². The minimum absolute atomic E-state index is 0.0105. The fourth-order valence-electron chi connectivity index (χ4n) is 1.86. The Morgan fingerprint density at radius 3 is 2.53 bits per heavy atom. The quantitative estimate of drug-likeness (QED) is 0.744. The molecule has 1 N–H and O–H groups in total. The van der Waals surface area contributed by atoms with Gasteiger partial charge >= 0.3 is 0 Å². The van der Waals surface area contributed by atoms with Crippen LogP contribution in [0, 0.1) is 0 Å². The van der Waals surface area contributed by atoms with Crippen LogP contribution in [0.25, 0.3) is 0 Å². The van der Waals surface area contributed by atoms with Crippen LogP contribution in [-0.2, 0) is 22.4 Å². The number of nitrogens with zero attached hydrogens (tertiary/aromatic N) is 1. The maximum absolute atomic E-state index is 12.2. The van der Waals surface area contributed by atoms with Crippen molar-refractivity contribution in [3.63, 3.8) is 0 Å². The number of aliphatic hydroxyl groups excluding tert-OH is 1. The molecule has 0 amide bonds. The summed E-state index contributed by atoms with van der Waals surface area (Å²) in [4.78, 5) is 0. The van der Waals surface area contributed by atoms with Gasteiger partial charge in [-0.3, -0.25) is 0 Å². The van der Waals surface area contributed by atoms with Gasteiger partial charge in [0.25, 0.3) is 0 Å². The van der Waals surface area contributed by atoms with Crippen molar-refractivity contribution in [2.75, 3.05) is 13.6 Å². The van der Waals surface area contributed by atoms with E-state index in [0.29, 0.717) is 12.1 Å². The lowest BCUT2D eigenvalue weighted by molar-refractivity contribution is 0.281. The third kappa shape index (κ3) is 5.30. The summed E-state index contributed by atoms with van der Waals surface area (Å²) in [5.41, 5.74) is 1.45. The third-order valence-corrected chi connectivity index (χ3v) is 4.90. The topological polar surface area (TPSA) is 57.6 Å². The Labute approximate surface area is 116 Å². The van der Waals surface area contributed by atoms with Crippen molar-refractivity contribution >= 4 is 10.0 Å². The average Bonchev–Trinajstić information content (AvgIpc) is 2.38. The summed E-state index contributed by atoms with van der Waals surface area (Å²) >= 11 is 0. The lowest BCUT2D eigenvalue weighted by Gasteiger charge is -2.17. The van der Waals surface area contributed by atoms with Gasteiger partial charge in [0.15, 0.2) is 0 Å². The van der Waals surface area contributed by atoms with Crippen molar-refractivity contribution in [1.82, 2.24) is 4.31 Å². The van der Waals surface area contributed by atoms with E-state index in [4.69, 9.17) is 5.11 Å². The molecular formula is C14H23NO3S. The number of hydrogen-bond acceptors (Lipinski definition) is 3. The maximum Gasteiger partial charge on any atom is 0.218 e. The summed E-state index contributed by atoms with van der Waals surface area (Å²) in [5, 5.41) is 9.05. The van der Waals surface area contributed by atoms with Gasteiger partial charge in [-0.05, 0) is 17.5 Å². The molecule has 1 rings (SSSR count). The Morgan fingerprint density at radius 2 is 1.89 bits per heavy atom. The summed E-state index contributed by atoms with van der Waals surface area (Å²) in [6.07, 6.45) is 3.01. The van der Waals surface area contributed by atoms with Gasteiger partial charge in [-0.15, -0.1) is 0 Å². The summed E-state index contributed by atoms with van der Waals surface area (Å²) in [6.45, 7) is 2.59. The Balaban J connectivity index is 2.67. The third-order valence-electron chi connectivity index (χ3n) is 3.07. The van der Waals surface area contributed by atoms with E-state index in [2.05, 4.69) is 6.92 Å². The Kier molecular flexibility index (Phi) is 6.48. The molecule has 0 saturated heterocycles. The van der Waals surface area contributed by atoms with Crippen LogP contribution in [0.5, 0.6) is 0 Å². The van der Waals surface area contributed by atoms with Crippen LogP contribution < -0.4 is 0 Å². The first-order valence-electron chi connectivity index (χ1n) is 6.62. The van der Waals surface area contributed by atoms with E-state index in [-0.39, 0.29) is 12.4 Å². The molecule has 4 nitrogen and oxygen atoms in total. The van der Waals surface area contributed by atoms with E-state index >= 15 is 0 Å². The molecule has 1 aromatic rings. The number of rotatable bonds is 8. The first-order valence-corrected chi connectivity index (χ1v) is 8.23. The molecule has 0 aliphatic rings. The second-order valence-corrected chi connectivity index (χ2v) is 6.84. The lowest BCUT2D eigenvalue weighted by atomic mass is 10.1. The summed E-state index contributed by atoms with van der Waals surface area (Å²) in [5.74, 6) is -0.0105. The molecule has 0 unspecified atom stereocenters. The maximum atomic E-state index is 12.2. The van der Waals surface area contributed by atoms with Crippen molar-refractivity contribution in [3.8, 4) is 0 Å². The Hall–Kier alpha value is -0.910. The smallest absolute Gasteiger partial charge is 0.218 e. The van der Waals surface area contributed by atoms with Crippen LogP contribution in [-0.4, -0.2) is 31.4 Å². The van der Waals surface area contributed by atoms with Gasteiger partial charge in [0.2, 0.25) is 10.0 Å². The fourth-order valence-corrected chi connectivity index (χ4v) is 3.09. The van der Waals surface area contributed by atoms with Crippen molar-refractivity contribution < 1.29 is 13.5 Å². The summed E-state index contributed by atoms with van der Waals surface area (Å²) in [6, 6.07) is 7.06. The summed E-state index contributed by atoms with van der Waals surface area (Å²) in [7, 11) is -1.64. The molecule has 0 aromatic heterocycles. The van der Waals surface area contributed by atoms with Crippen molar-refractivity contribution in [2.45, 2.75) is 38.5 Å². The van der Waals surface area contributed by atoms with E-state index in [1.807, 2.05) is 0 Å². The highest BCUT2D eigenvalue weighted by atomic mass is 32.2. The first kappa shape index (κ1) is 16.1. The van der Waals surface area contributed by atoms with Crippen molar-refractivity contribution in [3.05, 3.63) is 35.4 Å². The van der Waals surface area contributed by atoms with Gasteiger partial charge in [0, 0.05) is 13.6 Å². The number of sulfonamides is 1. The molecule has 0 spiro atoms. The molecular weight excluding hydrogens is 262 g/mol. The lowest BCUT2D eigenvalue weighted by Crippen LogP contribution is -2.29. The highest BCUT2D eigenvalue weighted by Gasteiger charge is 2.17. The van der Waals surface area contributed by atoms with Crippen molar-refractivity contribution in [1.29, 1.82) is 0 Å². The second kappa shape index (κ2) is 7.62. The van der Waals surface area contributed by atoms with Gasteiger partial charge in [-0.1, -0.05) is 44.0 Å². The SMILES string of the molecule is CCCCCN(C)S(=O)(=O)Cc1cccc(CO)c1. The molecule has 0 bridgehead atoms. The number of unbranched alkanes of at least 4 members (excludes halogenated alkanes) is 2. The Bertz CT molecular complexity index is 485. The molecule has 108 valence electrons. The van der Waals surface area contributed by atoms with Crippen LogP contribution in [0.4, 0.5) is 0 Å². The van der Waals surface area contributed by atoms with E-state index in [1.54, 1.807) is 31.3 Å². The van der Waals surface area contributed by atoms with Gasteiger partial charge < -0.3 is 5.11 Å². The predicted molar refractivity (Wildman–Crippen MR) is 77.1 cm³/mol. The monoisotopic (exact) mass is 285 g/mol. The first-order chi connectivity index (χ1) is 8.99. The van der Waals surface area contributed by atoms with E-state index in [9.17, 15) is 8.42 Å². The van der Waals surface area contributed by atoms with Gasteiger partial charge in [0.05, 0.1) is 12.4 Å². The van der Waals surface area contributed by atoms with Gasteiger partial charge in [0.1, 0.15) is 0 Å². The number of aliphatic hydroxyl groups is 1. The van der Waals surface area contributed by atoms with Gasteiger partial charge in [-0.2, -0.15) is 0 Å². The van der Waals surface area contributed by atoms with E-state index in [0.717, 1.165) is 24.8 Å². The minimum Gasteiger partial charge on any atom is -0.392 e. The minimum atomic E-state index is -3.27. The molecule has 0 heterocycles. The molecule has 0 aliphatic carbocycles.